The third-order valence-corrected chi connectivity index (χ3v) is 6.28. The summed E-state index contributed by atoms with van der Waals surface area (Å²) in [5.74, 6) is -1.39. The van der Waals surface area contributed by atoms with Gasteiger partial charge in [-0.15, -0.1) is 0 Å². The third kappa shape index (κ3) is 2.99. The number of amides is 1. The van der Waals surface area contributed by atoms with Crippen molar-refractivity contribution < 1.29 is 28.2 Å². The summed E-state index contributed by atoms with van der Waals surface area (Å²) in [4.78, 5) is 22.6. The minimum absolute atomic E-state index is 0.0897. The van der Waals surface area contributed by atoms with Crippen molar-refractivity contribution in [3.8, 4) is 0 Å². The molecule has 0 bridgehead atoms. The van der Waals surface area contributed by atoms with Crippen LogP contribution in [0.15, 0.2) is 23.1 Å². The molecule has 10 heteroatoms. The lowest BCUT2D eigenvalue weighted by Gasteiger charge is -2.16. The summed E-state index contributed by atoms with van der Waals surface area (Å²) >= 11 is 11.6. The number of nitrogens with zero attached hydrogens (tertiary/aromatic N) is 1. The largest absolute Gasteiger partial charge is 0.480 e. The predicted octanol–water partition coefficient (Wildman–Crippen LogP) is 1.97. The van der Waals surface area contributed by atoms with Crippen molar-refractivity contribution in [3.63, 3.8) is 0 Å². The average molecular weight is 368 g/mol. The number of halogens is 2. The van der Waals surface area contributed by atoms with Crippen LogP contribution in [0.25, 0.3) is 0 Å². The first kappa shape index (κ1) is 16.9. The first-order chi connectivity index (χ1) is 10.1. The second-order valence-corrected chi connectivity index (χ2v) is 7.81. The van der Waals surface area contributed by atoms with E-state index < -0.39 is 39.7 Å². The average Bonchev–Trinajstić information content (AvgIpc) is 2.84. The van der Waals surface area contributed by atoms with Gasteiger partial charge in [0.15, 0.2) is 9.84 Å². The van der Waals surface area contributed by atoms with Gasteiger partial charge < -0.3 is 10.2 Å². The van der Waals surface area contributed by atoms with Gasteiger partial charge in [0, 0.05) is 11.6 Å². The maximum atomic E-state index is 12.6. The molecule has 7 nitrogen and oxygen atoms in total. The van der Waals surface area contributed by atoms with Crippen LogP contribution in [0.1, 0.15) is 6.42 Å². The Bertz CT molecular complexity index is 713. The van der Waals surface area contributed by atoms with Gasteiger partial charge in [0.25, 0.3) is 0 Å². The molecule has 0 aromatic heterocycles. The first-order valence-corrected chi connectivity index (χ1v) is 8.36. The Balaban J connectivity index is 2.39. The molecule has 0 radical (unpaired) electrons. The highest BCUT2D eigenvalue weighted by molar-refractivity contribution is 7.92. The molecule has 0 saturated carbocycles. The Labute approximate surface area is 136 Å². The van der Waals surface area contributed by atoms with Gasteiger partial charge in [0.05, 0.1) is 15.2 Å². The Morgan fingerprint density at radius 2 is 1.86 bits per heavy atom. The van der Waals surface area contributed by atoms with Gasteiger partial charge in [0.2, 0.25) is 0 Å². The van der Waals surface area contributed by atoms with Crippen LogP contribution in [0.4, 0.5) is 4.79 Å². The molecule has 22 heavy (non-hydrogen) atoms. The number of hydrogen-bond acceptors (Lipinski definition) is 4. The molecular weight excluding hydrogens is 357 g/mol. The fourth-order valence-corrected chi connectivity index (χ4v) is 4.82. The van der Waals surface area contributed by atoms with Gasteiger partial charge in [0.1, 0.15) is 6.04 Å². The van der Waals surface area contributed by atoms with Crippen LogP contribution in [0, 0.1) is 0 Å². The molecule has 120 valence electrons. The smallest absolute Gasteiger partial charge is 0.408 e. The van der Waals surface area contributed by atoms with Gasteiger partial charge in [-0.2, -0.15) is 0 Å². The number of likely N-dealkylation sites (tertiary alicyclic amines) is 1. The van der Waals surface area contributed by atoms with Crippen LogP contribution < -0.4 is 0 Å². The van der Waals surface area contributed by atoms with Crippen molar-refractivity contribution in [2.24, 2.45) is 0 Å². The van der Waals surface area contributed by atoms with Gasteiger partial charge in [-0.25, -0.2) is 18.0 Å². The van der Waals surface area contributed by atoms with Crippen molar-refractivity contribution in [2.45, 2.75) is 22.6 Å². The predicted molar refractivity (Wildman–Crippen MR) is 78.2 cm³/mol. The lowest BCUT2D eigenvalue weighted by Crippen LogP contribution is -2.39. The van der Waals surface area contributed by atoms with Crippen molar-refractivity contribution in [1.82, 2.24) is 4.90 Å². The standard InChI is InChI=1S/C12H11Cl2NO6S/c13-6-1-2-10(8(14)3-6)22(20,21)7-4-9(11(16)17)15(5-7)12(18)19/h1-3,7,9H,4-5H2,(H,16,17)(H,18,19)/t7-,9+/m1/s1. The second-order valence-electron chi connectivity index (χ2n) is 4.77. The molecule has 0 unspecified atom stereocenters. The Morgan fingerprint density at radius 3 is 2.32 bits per heavy atom. The van der Waals surface area contributed by atoms with E-state index in [4.69, 9.17) is 33.4 Å². The molecule has 2 rings (SSSR count). The summed E-state index contributed by atoms with van der Waals surface area (Å²) in [6.45, 7) is -0.423. The lowest BCUT2D eigenvalue weighted by molar-refractivity contribution is -0.141. The van der Waals surface area contributed by atoms with Crippen molar-refractivity contribution >= 4 is 45.1 Å². The van der Waals surface area contributed by atoms with E-state index >= 15 is 0 Å². The van der Waals surface area contributed by atoms with E-state index in [0.29, 0.717) is 4.90 Å². The van der Waals surface area contributed by atoms with Crippen LogP contribution in [0.2, 0.25) is 10.0 Å². The van der Waals surface area contributed by atoms with E-state index in [9.17, 15) is 18.0 Å². The summed E-state index contributed by atoms with van der Waals surface area (Å²) < 4.78 is 25.1. The summed E-state index contributed by atoms with van der Waals surface area (Å²) in [5, 5.41) is 17.0. The molecule has 1 amide bonds. The van der Waals surface area contributed by atoms with Crippen LogP contribution in [0.5, 0.6) is 0 Å². The minimum atomic E-state index is -3.98. The number of aliphatic carboxylic acids is 1. The highest BCUT2D eigenvalue weighted by atomic mass is 35.5. The molecule has 1 fully saturated rings. The number of sulfone groups is 1. The zero-order valence-corrected chi connectivity index (χ0v) is 13.3. The van der Waals surface area contributed by atoms with Crippen LogP contribution in [0.3, 0.4) is 0 Å². The minimum Gasteiger partial charge on any atom is -0.480 e. The summed E-state index contributed by atoms with van der Waals surface area (Å²) in [5.41, 5.74) is 0. The quantitative estimate of drug-likeness (QED) is 0.844. The summed E-state index contributed by atoms with van der Waals surface area (Å²) in [6.07, 6.45) is -1.81. The third-order valence-electron chi connectivity index (χ3n) is 3.43. The molecule has 0 spiro atoms. The molecule has 1 aliphatic rings. The highest BCUT2D eigenvalue weighted by Gasteiger charge is 2.46. The highest BCUT2D eigenvalue weighted by Crippen LogP contribution is 2.33. The molecular formula is C12H11Cl2NO6S. The Morgan fingerprint density at radius 1 is 1.23 bits per heavy atom. The van der Waals surface area contributed by atoms with Crippen molar-refractivity contribution in [2.75, 3.05) is 6.54 Å². The van der Waals surface area contributed by atoms with Gasteiger partial charge in [-0.1, -0.05) is 23.2 Å². The molecule has 1 saturated heterocycles. The Hall–Kier alpha value is -1.51. The molecule has 1 aliphatic heterocycles. The number of hydrogen-bond donors (Lipinski definition) is 2. The second kappa shape index (κ2) is 5.94. The monoisotopic (exact) mass is 367 g/mol. The van der Waals surface area contributed by atoms with Crippen LogP contribution >= 0.6 is 23.2 Å². The number of carbonyl (C=O) groups is 2. The van der Waals surface area contributed by atoms with Crippen LogP contribution in [-0.4, -0.2) is 53.4 Å². The fraction of sp³-hybridized carbons (Fsp3) is 0.333. The summed E-state index contributed by atoms with van der Waals surface area (Å²) in [7, 11) is -3.98. The van der Waals surface area contributed by atoms with Crippen molar-refractivity contribution in [1.29, 1.82) is 0 Å². The van der Waals surface area contributed by atoms with Crippen LogP contribution in [-0.2, 0) is 14.6 Å². The maximum absolute atomic E-state index is 12.6. The van der Waals surface area contributed by atoms with Gasteiger partial charge in [-0.05, 0) is 24.6 Å². The number of carboxylic acids is 1. The summed E-state index contributed by atoms with van der Waals surface area (Å²) in [6, 6.07) is 2.43. The molecule has 1 aromatic rings. The maximum Gasteiger partial charge on any atom is 0.408 e. The molecule has 0 aliphatic carbocycles. The van der Waals surface area contributed by atoms with E-state index in [0.717, 1.165) is 0 Å². The zero-order valence-electron chi connectivity index (χ0n) is 10.9. The van der Waals surface area contributed by atoms with E-state index in [1.165, 1.54) is 18.2 Å². The number of carboxylic acid groups (broad SMARTS) is 2. The molecule has 2 atom stereocenters. The van der Waals surface area contributed by atoms with Crippen molar-refractivity contribution in [3.05, 3.63) is 28.2 Å². The van der Waals surface area contributed by atoms with E-state index in [-0.39, 0.29) is 21.4 Å². The van der Waals surface area contributed by atoms with Gasteiger partial charge in [-0.3, -0.25) is 4.90 Å². The van der Waals surface area contributed by atoms with E-state index in [1.54, 1.807) is 0 Å². The Kier molecular flexibility index (Phi) is 4.55. The topological polar surface area (TPSA) is 112 Å². The van der Waals surface area contributed by atoms with E-state index in [1.807, 2.05) is 0 Å². The number of benzene rings is 1. The van der Waals surface area contributed by atoms with E-state index in [2.05, 4.69) is 0 Å². The fourth-order valence-electron chi connectivity index (χ4n) is 2.35. The molecule has 1 aromatic carbocycles. The lowest BCUT2D eigenvalue weighted by atomic mass is 10.2. The SMILES string of the molecule is O=C(O)[C@@H]1C[C@@H](S(=O)(=O)c2ccc(Cl)cc2Cl)CN1C(=O)O. The van der Waals surface area contributed by atoms with Gasteiger partial charge >= 0.3 is 12.1 Å². The molecule has 1 heterocycles. The first-order valence-electron chi connectivity index (χ1n) is 6.06. The number of rotatable bonds is 3. The zero-order chi connectivity index (χ0) is 16.7. The molecule has 2 N–H and O–H groups in total. The normalized spacial score (nSPS) is 21.8.